The summed E-state index contributed by atoms with van der Waals surface area (Å²) in [5.74, 6) is 0.924. The van der Waals surface area contributed by atoms with Gasteiger partial charge >= 0.3 is 0 Å². The summed E-state index contributed by atoms with van der Waals surface area (Å²) >= 11 is 0. The first-order valence-corrected chi connectivity index (χ1v) is 9.74. The van der Waals surface area contributed by atoms with Crippen molar-refractivity contribution in [1.82, 2.24) is 24.9 Å². The van der Waals surface area contributed by atoms with Crippen molar-refractivity contribution in [2.75, 3.05) is 19.6 Å². The maximum absolute atomic E-state index is 13.2. The lowest BCUT2D eigenvalue weighted by atomic mass is 9.78. The van der Waals surface area contributed by atoms with Gasteiger partial charge in [-0.1, -0.05) is 11.2 Å². The zero-order chi connectivity index (χ0) is 19.7. The number of pyridine rings is 1. The van der Waals surface area contributed by atoms with Gasteiger partial charge in [0, 0.05) is 25.3 Å². The highest BCUT2D eigenvalue weighted by Gasteiger charge is 2.49. The molecule has 2 aliphatic rings. The minimum atomic E-state index is -0.470. The van der Waals surface area contributed by atoms with E-state index in [-0.39, 0.29) is 18.2 Å². The van der Waals surface area contributed by atoms with E-state index < -0.39 is 5.41 Å². The largest absolute Gasteiger partial charge is 0.341 e. The Hall–Kier alpha value is -2.77. The second kappa shape index (κ2) is 7.33. The molecule has 2 aromatic rings. The van der Waals surface area contributed by atoms with E-state index in [1.165, 1.54) is 0 Å². The third kappa shape index (κ3) is 3.63. The van der Waals surface area contributed by atoms with E-state index in [9.17, 15) is 9.59 Å². The fourth-order valence-corrected chi connectivity index (χ4v) is 4.30. The Labute approximate surface area is 163 Å². The summed E-state index contributed by atoms with van der Waals surface area (Å²) in [5.41, 5.74) is 1.38. The van der Waals surface area contributed by atoms with E-state index in [2.05, 4.69) is 15.1 Å². The standard InChI is InChI=1S/C20H25N5O3/c1-14-5-3-6-16(21-14)12-24-10-8-20(19(24)27)7-4-9-25(13-20)18(26)11-17-22-15(2)23-28-17/h3,5-6H,4,7-13H2,1-2H3. The van der Waals surface area contributed by atoms with Crippen LogP contribution in [0.4, 0.5) is 0 Å². The van der Waals surface area contributed by atoms with E-state index in [0.717, 1.165) is 30.7 Å². The van der Waals surface area contributed by atoms with Crippen molar-refractivity contribution < 1.29 is 14.1 Å². The number of carbonyl (C=O) groups is 2. The van der Waals surface area contributed by atoms with Crippen LogP contribution in [0.1, 0.15) is 42.4 Å². The number of piperidine rings is 1. The smallest absolute Gasteiger partial charge is 0.236 e. The van der Waals surface area contributed by atoms with Crippen LogP contribution in [0.2, 0.25) is 0 Å². The highest BCUT2D eigenvalue weighted by Crippen LogP contribution is 2.40. The van der Waals surface area contributed by atoms with Gasteiger partial charge in [-0.15, -0.1) is 0 Å². The van der Waals surface area contributed by atoms with Crippen LogP contribution in [0.3, 0.4) is 0 Å². The molecule has 0 aliphatic carbocycles. The summed E-state index contributed by atoms with van der Waals surface area (Å²) in [5, 5.41) is 3.73. The molecule has 4 heterocycles. The molecule has 8 nitrogen and oxygen atoms in total. The number of amides is 2. The number of aromatic nitrogens is 3. The minimum Gasteiger partial charge on any atom is -0.341 e. The molecule has 1 unspecified atom stereocenters. The summed E-state index contributed by atoms with van der Waals surface area (Å²) in [6.07, 6.45) is 2.52. The van der Waals surface area contributed by atoms with Gasteiger partial charge in [-0.2, -0.15) is 4.98 Å². The molecule has 0 bridgehead atoms. The molecule has 0 radical (unpaired) electrons. The van der Waals surface area contributed by atoms with Crippen molar-refractivity contribution in [2.45, 2.75) is 46.1 Å². The average molecular weight is 383 g/mol. The number of nitrogens with zero attached hydrogens (tertiary/aromatic N) is 5. The predicted octanol–water partition coefficient (Wildman–Crippen LogP) is 1.67. The molecule has 1 spiro atoms. The first-order chi connectivity index (χ1) is 13.4. The van der Waals surface area contributed by atoms with Crippen molar-refractivity contribution in [2.24, 2.45) is 5.41 Å². The van der Waals surface area contributed by atoms with Gasteiger partial charge in [0.05, 0.1) is 17.7 Å². The number of likely N-dealkylation sites (tertiary alicyclic amines) is 2. The maximum atomic E-state index is 13.2. The Morgan fingerprint density at radius 3 is 2.82 bits per heavy atom. The molecule has 2 aromatic heterocycles. The van der Waals surface area contributed by atoms with Crippen molar-refractivity contribution in [1.29, 1.82) is 0 Å². The van der Waals surface area contributed by atoms with Gasteiger partial charge < -0.3 is 14.3 Å². The molecular formula is C20H25N5O3. The topological polar surface area (TPSA) is 92.4 Å². The van der Waals surface area contributed by atoms with Gasteiger partial charge in [-0.25, -0.2) is 0 Å². The molecule has 0 saturated carbocycles. The monoisotopic (exact) mass is 383 g/mol. The molecule has 2 aliphatic heterocycles. The zero-order valence-electron chi connectivity index (χ0n) is 16.3. The second-order valence-electron chi connectivity index (χ2n) is 7.86. The van der Waals surface area contributed by atoms with E-state index in [1.54, 1.807) is 11.8 Å². The third-order valence-corrected chi connectivity index (χ3v) is 5.70. The van der Waals surface area contributed by atoms with E-state index in [1.807, 2.05) is 30.0 Å². The zero-order valence-corrected chi connectivity index (χ0v) is 16.3. The molecule has 0 N–H and O–H groups in total. The molecule has 2 saturated heterocycles. The number of rotatable bonds is 4. The highest BCUT2D eigenvalue weighted by atomic mass is 16.5. The van der Waals surface area contributed by atoms with Crippen LogP contribution < -0.4 is 0 Å². The fourth-order valence-electron chi connectivity index (χ4n) is 4.30. The molecule has 1 atom stereocenters. The maximum Gasteiger partial charge on any atom is 0.236 e. The molecule has 0 aromatic carbocycles. The van der Waals surface area contributed by atoms with Crippen LogP contribution in [0.15, 0.2) is 22.7 Å². The van der Waals surface area contributed by atoms with E-state index in [0.29, 0.717) is 37.9 Å². The molecule has 148 valence electrons. The Bertz CT molecular complexity index is 895. The van der Waals surface area contributed by atoms with Crippen molar-refractivity contribution in [3.63, 3.8) is 0 Å². The van der Waals surface area contributed by atoms with Crippen LogP contribution in [-0.2, 0) is 22.6 Å². The summed E-state index contributed by atoms with van der Waals surface area (Å²) in [6.45, 7) is 6.04. The van der Waals surface area contributed by atoms with Gasteiger partial charge in [0.2, 0.25) is 17.7 Å². The summed E-state index contributed by atoms with van der Waals surface area (Å²) < 4.78 is 5.07. The SMILES string of the molecule is Cc1cccc(CN2CCC3(CCCN(C(=O)Cc4nc(C)no4)C3)C2=O)n1. The number of hydrogen-bond acceptors (Lipinski definition) is 6. The second-order valence-corrected chi connectivity index (χ2v) is 7.86. The highest BCUT2D eigenvalue weighted by molar-refractivity contribution is 5.86. The van der Waals surface area contributed by atoms with E-state index >= 15 is 0 Å². The molecule has 28 heavy (non-hydrogen) atoms. The lowest BCUT2D eigenvalue weighted by Crippen LogP contribution is -2.50. The van der Waals surface area contributed by atoms with Crippen LogP contribution >= 0.6 is 0 Å². The molecule has 8 heteroatoms. The first-order valence-electron chi connectivity index (χ1n) is 9.74. The number of carbonyl (C=O) groups excluding carboxylic acids is 2. The Morgan fingerprint density at radius 2 is 2.07 bits per heavy atom. The Balaban J connectivity index is 1.42. The van der Waals surface area contributed by atoms with E-state index in [4.69, 9.17) is 4.52 Å². The van der Waals surface area contributed by atoms with Crippen molar-refractivity contribution >= 4 is 11.8 Å². The number of aryl methyl sites for hydroxylation is 2. The molecule has 4 rings (SSSR count). The van der Waals surface area contributed by atoms with Crippen LogP contribution in [-0.4, -0.2) is 56.4 Å². The third-order valence-electron chi connectivity index (χ3n) is 5.70. The molecule has 2 fully saturated rings. The Morgan fingerprint density at radius 1 is 1.21 bits per heavy atom. The molecule has 2 amide bonds. The predicted molar refractivity (Wildman–Crippen MR) is 100.0 cm³/mol. The van der Waals surface area contributed by atoms with Gasteiger partial charge in [-0.3, -0.25) is 14.6 Å². The summed E-state index contributed by atoms with van der Waals surface area (Å²) in [6, 6.07) is 5.87. The minimum absolute atomic E-state index is 0.0608. The quantitative estimate of drug-likeness (QED) is 0.797. The number of hydrogen-bond donors (Lipinski definition) is 0. The molecular weight excluding hydrogens is 358 g/mol. The first kappa shape index (κ1) is 18.6. The lowest BCUT2D eigenvalue weighted by Gasteiger charge is -2.39. The lowest BCUT2D eigenvalue weighted by molar-refractivity contribution is -0.143. The van der Waals surface area contributed by atoms with Crippen LogP contribution in [0.25, 0.3) is 0 Å². The van der Waals surface area contributed by atoms with Crippen molar-refractivity contribution in [3.8, 4) is 0 Å². The van der Waals surface area contributed by atoms with Gasteiger partial charge in [0.25, 0.3) is 0 Å². The van der Waals surface area contributed by atoms with Gasteiger partial charge in [0.1, 0.15) is 6.42 Å². The summed E-state index contributed by atoms with van der Waals surface area (Å²) in [7, 11) is 0. The van der Waals surface area contributed by atoms with Gasteiger partial charge in [-0.05, 0) is 45.2 Å². The normalized spacial score (nSPS) is 22.3. The summed E-state index contributed by atoms with van der Waals surface area (Å²) in [4.78, 5) is 38.2. The van der Waals surface area contributed by atoms with Crippen LogP contribution in [0.5, 0.6) is 0 Å². The van der Waals surface area contributed by atoms with Gasteiger partial charge in [0.15, 0.2) is 5.82 Å². The average Bonchev–Trinajstić information content (AvgIpc) is 3.20. The fraction of sp³-hybridized carbons (Fsp3) is 0.550. The van der Waals surface area contributed by atoms with Crippen molar-refractivity contribution in [3.05, 3.63) is 41.3 Å². The Kier molecular flexibility index (Phi) is 4.87. The van der Waals surface area contributed by atoms with Crippen LogP contribution in [0, 0.1) is 19.3 Å².